The molecule has 1 N–H and O–H groups in total. The predicted molar refractivity (Wildman–Crippen MR) is 201 cm³/mol. The highest BCUT2D eigenvalue weighted by molar-refractivity contribution is 5.72. The molecule has 0 aliphatic rings. The van der Waals surface area contributed by atoms with Gasteiger partial charge in [0.25, 0.3) is 0 Å². The first-order valence-corrected chi connectivity index (χ1v) is 19.5. The van der Waals surface area contributed by atoms with Gasteiger partial charge < -0.3 is 23.8 Å². The van der Waals surface area contributed by atoms with Crippen molar-refractivity contribution in [3.63, 3.8) is 0 Å². The van der Waals surface area contributed by atoms with E-state index in [1.54, 1.807) is 0 Å². The van der Waals surface area contributed by atoms with Gasteiger partial charge in [-0.15, -0.1) is 0 Å². The smallest absolute Gasteiger partial charge is 0.362 e. The number of rotatable bonds is 34. The number of likely N-dealkylation sites (N-methyl/N-ethyl adjacent to an activating group) is 1. The minimum absolute atomic E-state index is 0.0467. The zero-order chi connectivity index (χ0) is 36.4. The molecule has 2 unspecified atom stereocenters. The number of carboxylic acids is 1. The summed E-state index contributed by atoms with van der Waals surface area (Å²) >= 11 is 0. The summed E-state index contributed by atoms with van der Waals surface area (Å²) in [5.74, 6) is -1.54. The van der Waals surface area contributed by atoms with Gasteiger partial charge in [0.15, 0.2) is 12.1 Å². The van der Waals surface area contributed by atoms with E-state index in [-0.39, 0.29) is 42.7 Å². The minimum Gasteiger partial charge on any atom is -0.477 e. The zero-order valence-electron chi connectivity index (χ0n) is 32.1. The van der Waals surface area contributed by atoms with Gasteiger partial charge in [-0.05, 0) is 44.9 Å². The number of allylic oxidation sites excluding steroid dienone is 6. The van der Waals surface area contributed by atoms with Crippen LogP contribution in [0.15, 0.2) is 36.5 Å². The molecule has 0 amide bonds. The van der Waals surface area contributed by atoms with Crippen molar-refractivity contribution in [2.45, 2.75) is 167 Å². The van der Waals surface area contributed by atoms with E-state index >= 15 is 0 Å². The molecule has 0 spiro atoms. The van der Waals surface area contributed by atoms with Crippen molar-refractivity contribution in [3.8, 4) is 0 Å². The first kappa shape index (κ1) is 46.5. The number of hydrogen-bond acceptors (Lipinski definition) is 6. The Kier molecular flexibility index (Phi) is 31.1. The van der Waals surface area contributed by atoms with Gasteiger partial charge in [0, 0.05) is 19.3 Å². The summed E-state index contributed by atoms with van der Waals surface area (Å²) in [5.41, 5.74) is 0. The molecule has 0 heterocycles. The number of esters is 2. The lowest BCUT2D eigenvalue weighted by molar-refractivity contribution is -0.887. The summed E-state index contributed by atoms with van der Waals surface area (Å²) in [5, 5.41) is 9.56. The third-order valence-corrected chi connectivity index (χ3v) is 8.54. The zero-order valence-corrected chi connectivity index (χ0v) is 32.1. The fourth-order valence-electron chi connectivity index (χ4n) is 5.46. The van der Waals surface area contributed by atoms with Gasteiger partial charge in [-0.2, -0.15) is 0 Å². The number of ether oxygens (including phenoxy) is 3. The van der Waals surface area contributed by atoms with Crippen molar-refractivity contribution in [2.24, 2.45) is 0 Å². The number of unbranched alkanes of at least 4 members (excludes halogenated alkanes) is 14. The summed E-state index contributed by atoms with van der Waals surface area (Å²) in [4.78, 5) is 36.7. The van der Waals surface area contributed by atoms with E-state index in [9.17, 15) is 19.5 Å². The molecule has 0 aromatic carbocycles. The molecule has 0 aromatic heterocycles. The van der Waals surface area contributed by atoms with E-state index in [2.05, 4.69) is 50.3 Å². The monoisotopic (exact) mass is 693 g/mol. The number of quaternary nitrogens is 1. The van der Waals surface area contributed by atoms with Gasteiger partial charge in [-0.1, -0.05) is 127 Å². The van der Waals surface area contributed by atoms with Gasteiger partial charge in [-0.25, -0.2) is 4.79 Å². The van der Waals surface area contributed by atoms with E-state index in [4.69, 9.17) is 14.2 Å². The molecule has 0 aromatic rings. The van der Waals surface area contributed by atoms with Gasteiger partial charge in [0.2, 0.25) is 0 Å². The van der Waals surface area contributed by atoms with Crippen LogP contribution in [0.3, 0.4) is 0 Å². The molecule has 8 nitrogen and oxygen atoms in total. The maximum absolute atomic E-state index is 12.6. The summed E-state index contributed by atoms with van der Waals surface area (Å²) in [6.45, 7) is 4.63. The Labute approximate surface area is 300 Å². The topological polar surface area (TPSA) is 99.1 Å². The van der Waals surface area contributed by atoms with Crippen LogP contribution in [0.5, 0.6) is 0 Å². The minimum atomic E-state index is -0.883. The quantitative estimate of drug-likeness (QED) is 0.0310. The van der Waals surface area contributed by atoms with Crippen molar-refractivity contribution in [2.75, 3.05) is 41.0 Å². The first-order chi connectivity index (χ1) is 23.6. The van der Waals surface area contributed by atoms with Crippen LogP contribution in [0.2, 0.25) is 0 Å². The number of hydrogen-bond donors (Lipinski definition) is 1. The number of nitrogens with zero attached hydrogens (tertiary/aromatic N) is 1. The largest absolute Gasteiger partial charge is 0.477 e. The Hall–Kier alpha value is -2.45. The van der Waals surface area contributed by atoms with Crippen LogP contribution in [-0.2, 0) is 28.6 Å². The lowest BCUT2D eigenvalue weighted by Gasteiger charge is -2.31. The number of carboxylic acid groups (broad SMARTS) is 1. The third kappa shape index (κ3) is 31.3. The average molecular weight is 693 g/mol. The highest BCUT2D eigenvalue weighted by atomic mass is 16.6. The SMILES string of the molecule is CCCCCCCC/C=C/C/C=C/C/C=C/CCCC(=O)OCC(COCCC(C(=O)O)[N+](C)(C)C)OC(=O)CCCCCCCCCC. The fourth-order valence-corrected chi connectivity index (χ4v) is 5.46. The molecular weight excluding hydrogens is 618 g/mol. The Balaban J connectivity index is 4.43. The molecule has 0 saturated heterocycles. The second kappa shape index (κ2) is 32.7. The summed E-state index contributed by atoms with van der Waals surface area (Å²) in [7, 11) is 5.50. The molecule has 0 radical (unpaired) electrons. The normalized spacial score (nSPS) is 13.4. The van der Waals surface area contributed by atoms with Crippen LogP contribution in [0.25, 0.3) is 0 Å². The van der Waals surface area contributed by atoms with E-state index in [0.29, 0.717) is 19.3 Å². The van der Waals surface area contributed by atoms with Gasteiger partial charge in [-0.3, -0.25) is 9.59 Å². The molecule has 0 fully saturated rings. The van der Waals surface area contributed by atoms with Crippen LogP contribution in [0, 0.1) is 0 Å². The first-order valence-electron chi connectivity index (χ1n) is 19.5. The highest BCUT2D eigenvalue weighted by Gasteiger charge is 2.31. The molecule has 0 bridgehead atoms. The van der Waals surface area contributed by atoms with E-state index in [1.807, 2.05) is 21.1 Å². The Morgan fingerprint density at radius 1 is 0.612 bits per heavy atom. The van der Waals surface area contributed by atoms with E-state index < -0.39 is 18.1 Å². The average Bonchev–Trinajstić information content (AvgIpc) is 3.05. The van der Waals surface area contributed by atoms with Gasteiger partial charge in [0.05, 0.1) is 34.4 Å². The second-order valence-corrected chi connectivity index (χ2v) is 14.2. The Morgan fingerprint density at radius 2 is 1.10 bits per heavy atom. The molecule has 49 heavy (non-hydrogen) atoms. The van der Waals surface area contributed by atoms with E-state index in [1.165, 1.54) is 77.0 Å². The van der Waals surface area contributed by atoms with Crippen molar-refractivity contribution in [3.05, 3.63) is 36.5 Å². The second-order valence-electron chi connectivity index (χ2n) is 14.2. The fraction of sp³-hybridized carbons (Fsp3) is 0.780. The molecule has 0 rings (SSSR count). The maximum Gasteiger partial charge on any atom is 0.362 e. The lowest BCUT2D eigenvalue weighted by Crippen LogP contribution is -2.50. The molecule has 0 aliphatic heterocycles. The summed E-state index contributed by atoms with van der Waals surface area (Å²) in [6.07, 6.45) is 34.9. The van der Waals surface area contributed by atoms with Gasteiger partial charge >= 0.3 is 17.9 Å². The number of carbonyl (C=O) groups excluding carboxylic acids is 2. The maximum atomic E-state index is 12.6. The molecule has 284 valence electrons. The van der Waals surface area contributed by atoms with Crippen molar-refractivity contribution < 1.29 is 38.2 Å². The highest BCUT2D eigenvalue weighted by Crippen LogP contribution is 2.12. The summed E-state index contributed by atoms with van der Waals surface area (Å²) in [6, 6.07) is -0.618. The van der Waals surface area contributed by atoms with Crippen molar-refractivity contribution >= 4 is 17.9 Å². The Bertz CT molecular complexity index is 906. The van der Waals surface area contributed by atoms with Crippen LogP contribution in [0.1, 0.15) is 155 Å². The molecular formula is C41H74NO7+. The van der Waals surface area contributed by atoms with Crippen LogP contribution >= 0.6 is 0 Å². The van der Waals surface area contributed by atoms with Crippen LogP contribution in [0.4, 0.5) is 0 Å². The van der Waals surface area contributed by atoms with Crippen molar-refractivity contribution in [1.82, 2.24) is 0 Å². The molecule has 8 heteroatoms. The molecule has 0 aliphatic carbocycles. The molecule has 0 saturated carbocycles. The van der Waals surface area contributed by atoms with Crippen LogP contribution in [-0.4, -0.2) is 80.6 Å². The van der Waals surface area contributed by atoms with E-state index in [0.717, 1.165) is 38.5 Å². The lowest BCUT2D eigenvalue weighted by atomic mass is 10.1. The van der Waals surface area contributed by atoms with Gasteiger partial charge in [0.1, 0.15) is 6.61 Å². The van der Waals surface area contributed by atoms with Crippen LogP contribution < -0.4 is 0 Å². The number of aliphatic carboxylic acids is 1. The standard InChI is InChI=1S/C41H73NO7/c1-6-8-10-12-14-16-17-18-19-20-21-22-23-24-26-27-29-31-39(43)48-36-37(35-47-34-33-38(41(45)46)42(3,4)5)49-40(44)32-30-28-25-15-13-11-9-7-2/h18-19,21-22,24,26,37-38H,6-17,20,23,25,27-36H2,1-5H3/p+1/b19-18+,22-21+,26-24+. The predicted octanol–water partition coefficient (Wildman–Crippen LogP) is 9.91. The van der Waals surface area contributed by atoms with Crippen molar-refractivity contribution in [1.29, 1.82) is 0 Å². The number of carbonyl (C=O) groups is 3. The summed E-state index contributed by atoms with van der Waals surface area (Å²) < 4.78 is 17.1. The third-order valence-electron chi connectivity index (χ3n) is 8.54. The Morgan fingerprint density at radius 3 is 1.65 bits per heavy atom. The molecule has 2 atom stereocenters.